The third kappa shape index (κ3) is 4.45. The lowest BCUT2D eigenvalue weighted by atomic mass is 9.51. The van der Waals surface area contributed by atoms with Crippen LogP contribution in [0.5, 0.6) is 0 Å². The molecule has 0 aromatic carbocycles. The monoisotopic (exact) mass is 451 g/mol. The van der Waals surface area contributed by atoms with Crippen LogP contribution in [0.3, 0.4) is 0 Å². The normalized spacial score (nSPS) is 44.4. The summed E-state index contributed by atoms with van der Waals surface area (Å²) in [7, 11) is 2.12. The molecule has 2 saturated heterocycles. The van der Waals surface area contributed by atoms with E-state index in [4.69, 9.17) is 0 Å². The first-order chi connectivity index (χ1) is 14.7. The summed E-state index contributed by atoms with van der Waals surface area (Å²) in [6, 6.07) is 0.530. The molecule has 9 atom stereocenters. The second kappa shape index (κ2) is 9.34. The molecule has 0 aromatic heterocycles. The summed E-state index contributed by atoms with van der Waals surface area (Å²) in [5.74, 6) is 0.935. The van der Waals surface area contributed by atoms with E-state index in [9.17, 15) is 9.90 Å². The van der Waals surface area contributed by atoms with Crippen LogP contribution in [0.15, 0.2) is 12.7 Å². The number of thioether (sulfide) groups is 1. The highest BCUT2D eigenvalue weighted by atomic mass is 32.2. The molecule has 1 amide bonds. The number of piperazine rings is 1. The van der Waals surface area contributed by atoms with Crippen molar-refractivity contribution >= 4 is 17.7 Å². The van der Waals surface area contributed by atoms with Gasteiger partial charge in [0.2, 0.25) is 5.91 Å². The standard InChI is InChI=1S/C24H42N4O2S/c1-6-9-25-23-26-20-16(3)19-21(29)17(7-8-24(19,4)14-18(20)31-23)15(2)22(30)28-12-10-27(5)11-13-28/h6,15-21,23,25-26,29H,1,7-14H2,2-5H3/p+1. The van der Waals surface area contributed by atoms with Gasteiger partial charge >= 0.3 is 0 Å². The molecular weight excluding hydrogens is 408 g/mol. The predicted octanol–water partition coefficient (Wildman–Crippen LogP) is 0.936. The summed E-state index contributed by atoms with van der Waals surface area (Å²) >= 11 is 2.06. The SMILES string of the molecule is C=CCNC1[NH2+]C2C(CC3(C)CCC(C(C)C(=O)N4CCN(C)CC4)C(O)C3C2C)S1. The van der Waals surface area contributed by atoms with Crippen LogP contribution in [0.25, 0.3) is 0 Å². The van der Waals surface area contributed by atoms with Crippen LogP contribution in [0, 0.1) is 29.1 Å². The van der Waals surface area contributed by atoms with Crippen molar-refractivity contribution in [1.29, 1.82) is 0 Å². The molecule has 0 spiro atoms. The summed E-state index contributed by atoms with van der Waals surface area (Å²) in [6.07, 6.45) is 4.79. The minimum Gasteiger partial charge on any atom is -0.392 e. The van der Waals surface area contributed by atoms with Crippen LogP contribution in [0.1, 0.15) is 40.0 Å². The molecule has 7 heteroatoms. The van der Waals surface area contributed by atoms with Crippen LogP contribution >= 0.6 is 11.8 Å². The number of rotatable bonds is 5. The fourth-order valence-corrected chi connectivity index (χ4v) is 8.94. The van der Waals surface area contributed by atoms with E-state index in [0.717, 1.165) is 45.6 Å². The molecule has 2 heterocycles. The number of likely N-dealkylation sites (N-methyl/N-ethyl adjacent to an activating group) is 1. The molecule has 0 aromatic rings. The van der Waals surface area contributed by atoms with E-state index in [0.29, 0.717) is 22.7 Å². The van der Waals surface area contributed by atoms with Crippen molar-refractivity contribution in [2.45, 2.75) is 62.9 Å². The maximum Gasteiger partial charge on any atom is 0.225 e. The number of nitrogens with one attached hydrogen (secondary N) is 1. The molecule has 4 N–H and O–H groups in total. The molecule has 4 fully saturated rings. The fraction of sp³-hybridized carbons (Fsp3) is 0.875. The highest BCUT2D eigenvalue weighted by molar-refractivity contribution is 8.00. The van der Waals surface area contributed by atoms with Gasteiger partial charge in [-0.2, -0.15) is 0 Å². The van der Waals surface area contributed by atoms with Gasteiger partial charge < -0.3 is 20.2 Å². The number of hydrogen-bond acceptors (Lipinski definition) is 5. The number of hydrogen-bond donors (Lipinski definition) is 3. The zero-order chi connectivity index (χ0) is 22.3. The van der Waals surface area contributed by atoms with Crippen molar-refractivity contribution in [3.8, 4) is 0 Å². The first-order valence-electron chi connectivity index (χ1n) is 12.3. The number of fused-ring (bicyclic) bond motifs is 2. The van der Waals surface area contributed by atoms with Gasteiger partial charge in [-0.05, 0) is 43.6 Å². The zero-order valence-electron chi connectivity index (χ0n) is 19.8. The molecule has 2 aliphatic carbocycles. The Hall–Kier alpha value is -0.600. The molecule has 176 valence electrons. The van der Waals surface area contributed by atoms with Gasteiger partial charge in [0.25, 0.3) is 0 Å². The summed E-state index contributed by atoms with van der Waals surface area (Å²) in [5.41, 5.74) is 0.547. The molecule has 0 bridgehead atoms. The average molecular weight is 452 g/mol. The Bertz CT molecular complexity index is 670. The summed E-state index contributed by atoms with van der Waals surface area (Å²) < 4.78 is 0. The van der Waals surface area contributed by atoms with Crippen LogP contribution in [0.2, 0.25) is 0 Å². The highest BCUT2D eigenvalue weighted by Crippen LogP contribution is 2.57. The number of aliphatic hydroxyl groups is 1. The quantitative estimate of drug-likeness (QED) is 0.543. The minimum atomic E-state index is -0.389. The maximum atomic E-state index is 13.3. The van der Waals surface area contributed by atoms with Crippen LogP contribution in [0.4, 0.5) is 0 Å². The van der Waals surface area contributed by atoms with Crippen LogP contribution in [-0.4, -0.2) is 83.5 Å². The van der Waals surface area contributed by atoms with Gasteiger partial charge in [-0.1, -0.05) is 38.6 Å². The molecule has 0 radical (unpaired) electrons. The second-order valence-corrected chi connectivity index (χ2v) is 12.3. The average Bonchev–Trinajstić information content (AvgIpc) is 3.14. The predicted molar refractivity (Wildman–Crippen MR) is 126 cm³/mol. The van der Waals surface area contributed by atoms with E-state index in [2.05, 4.69) is 61.7 Å². The Kier molecular flexibility index (Phi) is 7.09. The zero-order valence-corrected chi connectivity index (χ0v) is 20.6. The Labute approximate surface area is 192 Å². The fourth-order valence-electron chi connectivity index (χ4n) is 7.10. The first-order valence-corrected chi connectivity index (χ1v) is 13.2. The van der Waals surface area contributed by atoms with E-state index in [-0.39, 0.29) is 35.2 Å². The minimum absolute atomic E-state index is 0.0768. The first kappa shape index (κ1) is 23.6. The molecule has 2 saturated carbocycles. The number of amides is 1. The van der Waals surface area contributed by atoms with Gasteiger partial charge in [-0.25, -0.2) is 0 Å². The number of carbonyl (C=O) groups excluding carboxylic acids is 1. The number of nitrogens with two attached hydrogens (primary N) is 1. The van der Waals surface area contributed by atoms with Gasteiger partial charge in [0, 0.05) is 44.6 Å². The summed E-state index contributed by atoms with van der Waals surface area (Å²) in [4.78, 5) is 17.6. The van der Waals surface area contributed by atoms with E-state index >= 15 is 0 Å². The number of aliphatic hydroxyl groups excluding tert-OH is 1. The Morgan fingerprint density at radius 1 is 1.39 bits per heavy atom. The third-order valence-corrected chi connectivity index (χ3v) is 10.4. The van der Waals surface area contributed by atoms with Crippen LogP contribution < -0.4 is 10.6 Å². The molecule has 4 rings (SSSR count). The second-order valence-electron chi connectivity index (χ2n) is 10.9. The summed E-state index contributed by atoms with van der Waals surface area (Å²) in [6.45, 7) is 15.0. The highest BCUT2D eigenvalue weighted by Gasteiger charge is 2.60. The molecule has 31 heavy (non-hydrogen) atoms. The molecule has 9 unspecified atom stereocenters. The van der Waals surface area contributed by atoms with E-state index in [1.807, 2.05) is 11.0 Å². The van der Waals surface area contributed by atoms with E-state index < -0.39 is 0 Å². The van der Waals surface area contributed by atoms with Crippen molar-refractivity contribution in [2.75, 3.05) is 39.8 Å². The summed E-state index contributed by atoms with van der Waals surface area (Å²) in [5, 5.41) is 18.3. The third-order valence-electron chi connectivity index (χ3n) is 8.96. The van der Waals surface area contributed by atoms with Gasteiger partial charge in [0.05, 0.1) is 11.4 Å². The Morgan fingerprint density at radius 2 is 2.10 bits per heavy atom. The maximum absolute atomic E-state index is 13.3. The number of nitrogens with zero attached hydrogens (tertiary/aromatic N) is 2. The lowest BCUT2D eigenvalue weighted by Crippen LogP contribution is -2.96. The molecule has 6 nitrogen and oxygen atoms in total. The topological polar surface area (TPSA) is 72.4 Å². The van der Waals surface area contributed by atoms with Crippen molar-refractivity contribution in [3.05, 3.63) is 12.7 Å². The molecule has 4 aliphatic rings. The largest absolute Gasteiger partial charge is 0.392 e. The van der Waals surface area contributed by atoms with Crippen molar-refractivity contribution < 1.29 is 15.2 Å². The van der Waals surface area contributed by atoms with Gasteiger partial charge in [0.15, 0.2) is 5.50 Å². The van der Waals surface area contributed by atoms with Crippen molar-refractivity contribution in [1.82, 2.24) is 15.1 Å². The van der Waals surface area contributed by atoms with Crippen molar-refractivity contribution in [2.24, 2.45) is 29.1 Å². The Balaban J connectivity index is 1.45. The van der Waals surface area contributed by atoms with Crippen molar-refractivity contribution in [3.63, 3.8) is 0 Å². The van der Waals surface area contributed by atoms with Gasteiger partial charge in [-0.3, -0.25) is 10.1 Å². The lowest BCUT2D eigenvalue weighted by Gasteiger charge is -2.56. The van der Waals surface area contributed by atoms with Gasteiger partial charge in [-0.15, -0.1) is 6.58 Å². The van der Waals surface area contributed by atoms with Crippen LogP contribution in [-0.2, 0) is 4.79 Å². The van der Waals surface area contributed by atoms with E-state index in [1.54, 1.807) is 0 Å². The smallest absolute Gasteiger partial charge is 0.225 e. The number of quaternary nitrogens is 1. The van der Waals surface area contributed by atoms with E-state index in [1.165, 1.54) is 6.42 Å². The molecule has 2 aliphatic heterocycles. The lowest BCUT2D eigenvalue weighted by molar-refractivity contribution is -0.707. The number of carbonyl (C=O) groups is 1. The molecular formula is C24H43N4O2S+. The van der Waals surface area contributed by atoms with Gasteiger partial charge in [0.1, 0.15) is 6.04 Å². The Morgan fingerprint density at radius 3 is 2.77 bits per heavy atom.